The molecule has 0 bridgehead atoms. The van der Waals surface area contributed by atoms with Gasteiger partial charge in [-0.3, -0.25) is 0 Å². The molecule has 2 aliphatic heterocycles. The number of hydrogen-bond donors (Lipinski definition) is 0. The van der Waals surface area contributed by atoms with E-state index >= 15 is 0 Å². The van der Waals surface area contributed by atoms with E-state index in [1.807, 2.05) is 24.1 Å². The van der Waals surface area contributed by atoms with Crippen LogP contribution in [0.15, 0.2) is 18.3 Å². The summed E-state index contributed by atoms with van der Waals surface area (Å²) in [6, 6.07) is 4.09. The minimum Gasteiger partial charge on any atom is -0.477 e. The summed E-state index contributed by atoms with van der Waals surface area (Å²) in [5.41, 5.74) is 1.00. The molecule has 0 N–H and O–H groups in total. The van der Waals surface area contributed by atoms with E-state index in [-0.39, 0.29) is 11.7 Å². The summed E-state index contributed by atoms with van der Waals surface area (Å²) in [6.45, 7) is 6.43. The molecule has 0 atom stereocenters. The van der Waals surface area contributed by atoms with Crippen LogP contribution in [0, 0.1) is 5.92 Å². The third-order valence-corrected chi connectivity index (χ3v) is 6.07. The fourth-order valence-electron chi connectivity index (χ4n) is 3.84. The van der Waals surface area contributed by atoms with Gasteiger partial charge in [0.1, 0.15) is 5.60 Å². The lowest BCUT2D eigenvalue weighted by atomic mass is 9.98. The monoisotopic (exact) mass is 373 g/mol. The van der Waals surface area contributed by atoms with Crippen LogP contribution < -0.4 is 9.64 Å². The van der Waals surface area contributed by atoms with Crippen molar-refractivity contribution in [3.8, 4) is 5.88 Å². The molecule has 0 radical (unpaired) electrons. The third kappa shape index (κ3) is 4.85. The van der Waals surface area contributed by atoms with Gasteiger partial charge in [0.15, 0.2) is 0 Å². The van der Waals surface area contributed by atoms with E-state index in [0.29, 0.717) is 18.4 Å². The summed E-state index contributed by atoms with van der Waals surface area (Å²) in [5, 5.41) is 0. The molecule has 1 saturated carbocycles. The third-order valence-electron chi connectivity index (χ3n) is 6.07. The highest BCUT2D eigenvalue weighted by atomic mass is 16.6. The molecular formula is C21H31N3O3. The highest BCUT2D eigenvalue weighted by molar-refractivity contribution is 5.68. The van der Waals surface area contributed by atoms with Crippen molar-refractivity contribution >= 4 is 11.8 Å². The van der Waals surface area contributed by atoms with Crippen molar-refractivity contribution in [1.29, 1.82) is 0 Å². The van der Waals surface area contributed by atoms with Crippen LogP contribution in [-0.2, 0) is 4.74 Å². The molecule has 1 aromatic rings. The molecule has 0 aromatic carbocycles. The Bertz CT molecular complexity index is 631. The van der Waals surface area contributed by atoms with Crippen LogP contribution in [0.5, 0.6) is 5.88 Å². The smallest absolute Gasteiger partial charge is 0.410 e. The second-order valence-electron chi connectivity index (χ2n) is 8.46. The van der Waals surface area contributed by atoms with Gasteiger partial charge in [0.05, 0.1) is 18.5 Å². The maximum Gasteiger partial charge on any atom is 0.410 e. The summed E-state index contributed by atoms with van der Waals surface area (Å²) >= 11 is 0. The van der Waals surface area contributed by atoms with E-state index in [1.165, 1.54) is 24.9 Å². The Hall–Kier alpha value is -1.98. The molecular weight excluding hydrogens is 342 g/mol. The van der Waals surface area contributed by atoms with Gasteiger partial charge in [-0.15, -0.1) is 0 Å². The first-order chi connectivity index (χ1) is 13.1. The summed E-state index contributed by atoms with van der Waals surface area (Å²) in [4.78, 5) is 20.9. The normalized spacial score (nSPS) is 22.4. The van der Waals surface area contributed by atoms with Crippen molar-refractivity contribution in [3.05, 3.63) is 18.3 Å². The number of likely N-dealkylation sites (tertiary alicyclic amines) is 1. The first kappa shape index (κ1) is 18.4. The highest BCUT2D eigenvalue weighted by Crippen LogP contribution is 2.39. The van der Waals surface area contributed by atoms with Crippen LogP contribution in [0.2, 0.25) is 0 Å². The number of amides is 1. The summed E-state index contributed by atoms with van der Waals surface area (Å²) in [5.74, 6) is 1.16. The highest BCUT2D eigenvalue weighted by Gasteiger charge is 2.43. The maximum atomic E-state index is 12.2. The fraction of sp³-hybridized carbons (Fsp3) is 0.714. The number of carbonyl (C=O) groups excluding carboxylic acids is 1. The topological polar surface area (TPSA) is 54.9 Å². The zero-order chi connectivity index (χ0) is 18.7. The molecule has 4 rings (SSSR count). The zero-order valence-corrected chi connectivity index (χ0v) is 16.4. The molecule has 0 unspecified atom stereocenters. The van der Waals surface area contributed by atoms with Gasteiger partial charge >= 0.3 is 6.09 Å². The molecule has 0 spiro atoms. The molecule has 1 amide bonds. The quantitative estimate of drug-likeness (QED) is 0.785. The Labute approximate surface area is 161 Å². The minimum absolute atomic E-state index is 0.149. The number of carbonyl (C=O) groups is 1. The van der Waals surface area contributed by atoms with Gasteiger partial charge in [0, 0.05) is 32.2 Å². The first-order valence-electron chi connectivity index (χ1n) is 10.4. The number of pyridine rings is 1. The van der Waals surface area contributed by atoms with E-state index in [0.717, 1.165) is 51.9 Å². The van der Waals surface area contributed by atoms with Gasteiger partial charge in [-0.1, -0.05) is 0 Å². The molecule has 2 saturated heterocycles. The van der Waals surface area contributed by atoms with Crippen LogP contribution in [0.25, 0.3) is 0 Å². The lowest BCUT2D eigenvalue weighted by Crippen LogP contribution is -2.41. The van der Waals surface area contributed by atoms with Crippen molar-refractivity contribution in [2.75, 3.05) is 37.7 Å². The SMILES string of the molecule is CC1(OC(=O)N2CCC(COc3ccc(N4CCCCC4)cn3)CC2)CC1. The standard InChI is InChI=1S/C21H31N3O3/c1-21(9-10-21)27-20(25)24-13-7-17(8-14-24)16-26-19-6-5-18(15-22-19)23-11-3-2-4-12-23/h5-6,15,17H,2-4,7-14,16H2,1H3. The molecule has 6 heteroatoms. The lowest BCUT2D eigenvalue weighted by Gasteiger charge is -2.32. The van der Waals surface area contributed by atoms with Crippen molar-refractivity contribution in [3.63, 3.8) is 0 Å². The van der Waals surface area contributed by atoms with Crippen LogP contribution >= 0.6 is 0 Å². The fourth-order valence-corrected chi connectivity index (χ4v) is 3.84. The summed E-state index contributed by atoms with van der Waals surface area (Å²) in [7, 11) is 0. The Morgan fingerprint density at radius 1 is 1.15 bits per heavy atom. The zero-order valence-electron chi connectivity index (χ0n) is 16.4. The van der Waals surface area contributed by atoms with Gasteiger partial charge in [-0.25, -0.2) is 9.78 Å². The molecule has 3 aliphatic rings. The minimum atomic E-state index is -0.191. The van der Waals surface area contributed by atoms with E-state index < -0.39 is 0 Å². The van der Waals surface area contributed by atoms with Gasteiger partial charge < -0.3 is 19.3 Å². The van der Waals surface area contributed by atoms with Crippen molar-refractivity contribution in [2.24, 2.45) is 5.92 Å². The van der Waals surface area contributed by atoms with E-state index in [9.17, 15) is 4.79 Å². The van der Waals surface area contributed by atoms with Crippen LogP contribution in [0.1, 0.15) is 51.9 Å². The second kappa shape index (κ2) is 7.95. The van der Waals surface area contributed by atoms with Crippen molar-refractivity contribution < 1.29 is 14.3 Å². The van der Waals surface area contributed by atoms with Crippen molar-refractivity contribution in [1.82, 2.24) is 9.88 Å². The second-order valence-corrected chi connectivity index (χ2v) is 8.46. The number of hydrogen-bond acceptors (Lipinski definition) is 5. The molecule has 148 valence electrons. The number of piperidine rings is 2. The number of aromatic nitrogens is 1. The van der Waals surface area contributed by atoms with Gasteiger partial charge in [-0.05, 0) is 63.9 Å². The number of nitrogens with zero attached hydrogens (tertiary/aromatic N) is 3. The van der Waals surface area contributed by atoms with Crippen LogP contribution in [-0.4, -0.2) is 54.4 Å². The molecule has 6 nitrogen and oxygen atoms in total. The summed E-state index contributed by atoms with van der Waals surface area (Å²) < 4.78 is 11.5. The number of ether oxygens (including phenoxy) is 2. The van der Waals surface area contributed by atoms with E-state index in [4.69, 9.17) is 9.47 Å². The van der Waals surface area contributed by atoms with Gasteiger partial charge in [-0.2, -0.15) is 0 Å². The molecule has 3 heterocycles. The molecule has 3 fully saturated rings. The van der Waals surface area contributed by atoms with E-state index in [2.05, 4.69) is 16.0 Å². The van der Waals surface area contributed by atoms with E-state index in [1.54, 1.807) is 0 Å². The first-order valence-corrected chi connectivity index (χ1v) is 10.4. The summed E-state index contributed by atoms with van der Waals surface area (Å²) in [6.07, 6.45) is 9.55. The Balaban J connectivity index is 1.19. The predicted molar refractivity (Wildman–Crippen MR) is 104 cm³/mol. The van der Waals surface area contributed by atoms with Crippen molar-refractivity contribution in [2.45, 2.75) is 57.5 Å². The predicted octanol–water partition coefficient (Wildman–Crippen LogP) is 3.85. The lowest BCUT2D eigenvalue weighted by molar-refractivity contribution is 0.0454. The molecule has 27 heavy (non-hydrogen) atoms. The molecule has 1 aromatic heterocycles. The largest absolute Gasteiger partial charge is 0.477 e. The number of rotatable bonds is 5. The Kier molecular flexibility index (Phi) is 5.41. The van der Waals surface area contributed by atoms with Gasteiger partial charge in [0.2, 0.25) is 5.88 Å². The molecule has 1 aliphatic carbocycles. The number of anilines is 1. The maximum absolute atomic E-state index is 12.2. The average Bonchev–Trinajstić information content (AvgIpc) is 3.44. The van der Waals surface area contributed by atoms with Gasteiger partial charge in [0.25, 0.3) is 0 Å². The Morgan fingerprint density at radius 2 is 1.89 bits per heavy atom. The van der Waals surface area contributed by atoms with Crippen LogP contribution in [0.3, 0.4) is 0 Å². The van der Waals surface area contributed by atoms with Crippen LogP contribution in [0.4, 0.5) is 10.5 Å². The average molecular weight is 373 g/mol. The Morgan fingerprint density at radius 3 is 2.52 bits per heavy atom.